The summed E-state index contributed by atoms with van der Waals surface area (Å²) < 4.78 is 62.7. The molecule has 10 heteroatoms. The van der Waals surface area contributed by atoms with Crippen molar-refractivity contribution in [2.75, 3.05) is 6.54 Å². The zero-order valence-corrected chi connectivity index (χ0v) is 10.4. The van der Waals surface area contributed by atoms with Gasteiger partial charge in [0.1, 0.15) is 5.82 Å². The minimum absolute atomic E-state index is 0.0368. The molecule has 0 aliphatic rings. The van der Waals surface area contributed by atoms with Gasteiger partial charge in [-0.3, -0.25) is 9.20 Å². The summed E-state index contributed by atoms with van der Waals surface area (Å²) in [6.07, 6.45) is -4.35. The fourth-order valence-electron chi connectivity index (χ4n) is 1.59. The first-order valence-corrected chi connectivity index (χ1v) is 5.75. The molecule has 0 aliphatic carbocycles. The monoisotopic (exact) mass is 308 g/mol. The van der Waals surface area contributed by atoms with Gasteiger partial charge >= 0.3 is 12.1 Å². The molecular weight excluding hydrogens is 299 g/mol. The lowest BCUT2D eigenvalue weighted by molar-refractivity contribution is -0.269. The van der Waals surface area contributed by atoms with E-state index >= 15 is 0 Å². The number of amides is 1. The minimum atomic E-state index is -5.92. The zero-order chi connectivity index (χ0) is 15.7. The van der Waals surface area contributed by atoms with E-state index in [1.54, 1.807) is 29.7 Å². The highest BCUT2D eigenvalue weighted by atomic mass is 19.4. The number of hydrogen-bond donors (Lipinski definition) is 1. The predicted molar refractivity (Wildman–Crippen MR) is 60.7 cm³/mol. The van der Waals surface area contributed by atoms with Crippen LogP contribution < -0.4 is 5.32 Å². The topological polar surface area (TPSA) is 59.3 Å². The smallest absolute Gasteiger partial charge is 0.350 e. The van der Waals surface area contributed by atoms with Crippen LogP contribution in [-0.4, -0.2) is 39.1 Å². The average molecular weight is 308 g/mol. The molecule has 0 aliphatic heterocycles. The summed E-state index contributed by atoms with van der Waals surface area (Å²) in [5, 5.41) is 9.07. The number of fused-ring (bicyclic) bond motifs is 1. The second-order valence-corrected chi connectivity index (χ2v) is 4.12. The number of halogens is 5. The second-order valence-electron chi connectivity index (χ2n) is 4.12. The quantitative estimate of drug-likeness (QED) is 0.873. The first-order chi connectivity index (χ1) is 9.73. The Morgan fingerprint density at radius 1 is 1.19 bits per heavy atom. The molecule has 5 nitrogen and oxygen atoms in total. The molecule has 0 fully saturated rings. The van der Waals surface area contributed by atoms with Crippen LogP contribution in [0.25, 0.3) is 5.65 Å². The van der Waals surface area contributed by atoms with Gasteiger partial charge in [0.2, 0.25) is 0 Å². The van der Waals surface area contributed by atoms with Gasteiger partial charge in [0.15, 0.2) is 5.65 Å². The van der Waals surface area contributed by atoms with Crippen LogP contribution in [0.4, 0.5) is 22.0 Å². The summed E-state index contributed by atoms with van der Waals surface area (Å²) in [6, 6.07) is 5.03. The number of hydrogen-bond acceptors (Lipinski definition) is 3. The Balaban J connectivity index is 1.97. The molecule has 2 aromatic heterocycles. The third-order valence-corrected chi connectivity index (χ3v) is 2.66. The van der Waals surface area contributed by atoms with Crippen molar-refractivity contribution in [1.82, 2.24) is 19.9 Å². The van der Waals surface area contributed by atoms with Crippen LogP contribution in [0.15, 0.2) is 24.4 Å². The summed E-state index contributed by atoms with van der Waals surface area (Å²) in [4.78, 5) is 10.9. The van der Waals surface area contributed by atoms with Crippen LogP contribution in [0.1, 0.15) is 5.82 Å². The Morgan fingerprint density at radius 2 is 1.90 bits per heavy atom. The molecule has 114 valence electrons. The molecule has 0 spiro atoms. The van der Waals surface area contributed by atoms with Crippen molar-refractivity contribution in [3.63, 3.8) is 0 Å². The summed E-state index contributed by atoms with van der Waals surface area (Å²) in [5.74, 6) is -7.47. The summed E-state index contributed by atoms with van der Waals surface area (Å²) in [6.45, 7) is -0.416. The summed E-state index contributed by atoms with van der Waals surface area (Å²) >= 11 is 0. The number of rotatable bonds is 4. The van der Waals surface area contributed by atoms with E-state index in [9.17, 15) is 26.7 Å². The van der Waals surface area contributed by atoms with E-state index in [-0.39, 0.29) is 6.42 Å². The van der Waals surface area contributed by atoms with Crippen LogP contribution in [0.2, 0.25) is 0 Å². The Morgan fingerprint density at radius 3 is 2.57 bits per heavy atom. The molecule has 0 atom stereocenters. The van der Waals surface area contributed by atoms with E-state index in [0.29, 0.717) is 11.5 Å². The zero-order valence-electron chi connectivity index (χ0n) is 10.4. The SMILES string of the molecule is O=C(NCCc1nnc2ccccn12)C(F)(F)C(F)(F)F. The lowest BCUT2D eigenvalue weighted by atomic mass is 10.3. The first kappa shape index (κ1) is 15.1. The highest BCUT2D eigenvalue weighted by Gasteiger charge is 2.63. The molecule has 0 unspecified atom stereocenters. The molecule has 1 N–H and O–H groups in total. The highest BCUT2D eigenvalue weighted by Crippen LogP contribution is 2.35. The Kier molecular flexibility index (Phi) is 3.79. The predicted octanol–water partition coefficient (Wildman–Crippen LogP) is 1.59. The lowest BCUT2D eigenvalue weighted by Crippen LogP contribution is -2.50. The largest absolute Gasteiger partial charge is 0.463 e. The maximum absolute atomic E-state index is 12.7. The van der Waals surface area contributed by atoms with E-state index in [1.165, 1.54) is 4.40 Å². The van der Waals surface area contributed by atoms with Crippen LogP contribution in [0.3, 0.4) is 0 Å². The molecule has 0 radical (unpaired) electrons. The van der Waals surface area contributed by atoms with Crippen LogP contribution in [-0.2, 0) is 11.2 Å². The lowest BCUT2D eigenvalue weighted by Gasteiger charge is -2.18. The van der Waals surface area contributed by atoms with E-state index < -0.39 is 24.6 Å². The van der Waals surface area contributed by atoms with Gasteiger partial charge in [-0.15, -0.1) is 10.2 Å². The van der Waals surface area contributed by atoms with E-state index in [0.717, 1.165) is 0 Å². The van der Waals surface area contributed by atoms with Crippen LogP contribution >= 0.6 is 0 Å². The van der Waals surface area contributed by atoms with Gasteiger partial charge in [0.05, 0.1) is 0 Å². The fraction of sp³-hybridized carbons (Fsp3) is 0.364. The van der Waals surface area contributed by atoms with E-state index in [2.05, 4.69) is 10.2 Å². The minimum Gasteiger partial charge on any atom is -0.350 e. The van der Waals surface area contributed by atoms with Crippen molar-refractivity contribution in [3.8, 4) is 0 Å². The number of aromatic nitrogens is 3. The number of nitrogens with one attached hydrogen (secondary N) is 1. The molecule has 0 saturated carbocycles. The molecule has 2 heterocycles. The normalized spacial score (nSPS) is 12.6. The molecule has 0 bridgehead atoms. The van der Waals surface area contributed by atoms with Crippen LogP contribution in [0, 0.1) is 0 Å². The van der Waals surface area contributed by atoms with Gasteiger partial charge in [-0.25, -0.2) is 0 Å². The van der Waals surface area contributed by atoms with Crippen molar-refractivity contribution in [1.29, 1.82) is 0 Å². The van der Waals surface area contributed by atoms with Gasteiger partial charge < -0.3 is 5.32 Å². The van der Waals surface area contributed by atoms with E-state index in [4.69, 9.17) is 0 Å². The first-order valence-electron chi connectivity index (χ1n) is 5.75. The van der Waals surface area contributed by atoms with Crippen molar-refractivity contribution >= 4 is 11.6 Å². The maximum atomic E-state index is 12.7. The second kappa shape index (κ2) is 5.26. The highest BCUT2D eigenvalue weighted by molar-refractivity contribution is 5.84. The Labute approximate surface area is 114 Å². The number of nitrogens with zero attached hydrogens (tertiary/aromatic N) is 3. The van der Waals surface area contributed by atoms with Gasteiger partial charge in [-0.05, 0) is 12.1 Å². The van der Waals surface area contributed by atoms with Gasteiger partial charge in [-0.1, -0.05) is 6.07 Å². The van der Waals surface area contributed by atoms with E-state index in [1.807, 2.05) is 0 Å². The molecule has 1 amide bonds. The molecule has 2 aromatic rings. The van der Waals surface area contributed by atoms with Crippen LogP contribution in [0.5, 0.6) is 0 Å². The average Bonchev–Trinajstić information content (AvgIpc) is 2.81. The van der Waals surface area contributed by atoms with Crippen molar-refractivity contribution < 1.29 is 26.7 Å². The molecular formula is C11H9F5N4O. The standard InChI is InChI=1S/C11H9F5N4O/c12-10(13,11(14,15)16)9(21)17-5-4-8-19-18-7-3-1-2-6-20(7)8/h1-3,6H,4-5H2,(H,17,21). The molecule has 2 rings (SSSR count). The maximum Gasteiger partial charge on any atom is 0.463 e. The number of carbonyl (C=O) groups excluding carboxylic acids is 1. The fourth-order valence-corrected chi connectivity index (χ4v) is 1.59. The Bertz CT molecular complexity index is 651. The van der Waals surface area contributed by atoms with Crippen molar-refractivity contribution in [3.05, 3.63) is 30.2 Å². The summed E-state index contributed by atoms with van der Waals surface area (Å²) in [7, 11) is 0. The van der Waals surface area contributed by atoms with Gasteiger partial charge in [-0.2, -0.15) is 22.0 Å². The van der Waals surface area contributed by atoms with Gasteiger partial charge in [0, 0.05) is 19.2 Å². The summed E-state index contributed by atoms with van der Waals surface area (Å²) in [5.41, 5.74) is 0.499. The van der Waals surface area contributed by atoms with Crippen molar-refractivity contribution in [2.24, 2.45) is 0 Å². The van der Waals surface area contributed by atoms with Gasteiger partial charge in [0.25, 0.3) is 5.91 Å². The molecule has 21 heavy (non-hydrogen) atoms. The Hall–Kier alpha value is -2.26. The number of alkyl halides is 5. The molecule has 0 saturated heterocycles. The third kappa shape index (κ3) is 2.93. The van der Waals surface area contributed by atoms with Crippen molar-refractivity contribution in [2.45, 2.75) is 18.5 Å². The number of carbonyl (C=O) groups is 1. The molecule has 0 aromatic carbocycles. The number of pyridine rings is 1. The third-order valence-electron chi connectivity index (χ3n) is 2.66.